The molecular formula is C120H122O21. The molecule has 0 aliphatic carbocycles. The second-order valence-corrected chi connectivity index (χ2v) is 35.7. The number of ether oxygens (including phenoxy) is 19. The van der Waals surface area contributed by atoms with Gasteiger partial charge in [0.2, 0.25) is 0 Å². The summed E-state index contributed by atoms with van der Waals surface area (Å²) in [6, 6.07) is 139. The second kappa shape index (κ2) is 51.8. The average Bonchev–Trinajstić information content (AvgIpc) is 0.749. The number of aliphatic hydroxyl groups excluding tert-OH is 2. The molecule has 0 amide bonds. The van der Waals surface area contributed by atoms with Crippen molar-refractivity contribution >= 4 is 0 Å². The van der Waals surface area contributed by atoms with E-state index < -0.39 is 142 Å². The standard InChI is InChI=1S/C120H122O21/c121-104-109(141-119-115(133-81-96-63-35-11-36-64-96)112(130-78-93-57-29-8-30-58-93)106(125-73-88-47-19-3-20-48-88)100(140-119)82-123-71-86-43-15-1-16-44-86)105(124-72-87-45-17-2-18-46-87)102(138-117(104)134-83-101-107(126-74-89-49-21-4-22-50-89)110(128-76-91-53-25-6-26-54-91)113(116(122)137-101)131-79-94-59-31-9-32-60-94)84-135-118-114(132-80-95-61-33-10-34-62-95)111(129-77-92-55-27-7-28-56-92)108(127-75-90-51-23-5-24-52-90)103(139-118)85-136-120(97-65-37-12-38-66-97,98-67-39-13-40-68-98)99-69-41-14-42-70-99/h1-70,100-119,121-122H,71-85H2/t100-,101-,102-,103-,104-,105-,106-,107-,108-,109-,110+,111+,112+,113-,114-,115-,116+,117-,118-,119+/m1/s1. The molecule has 4 saturated heterocycles. The van der Waals surface area contributed by atoms with Crippen LogP contribution in [0, 0.1) is 0 Å². The van der Waals surface area contributed by atoms with Crippen molar-refractivity contribution in [2.75, 3.05) is 26.4 Å². The van der Waals surface area contributed by atoms with Gasteiger partial charge in [0.15, 0.2) is 25.2 Å². The van der Waals surface area contributed by atoms with Crippen LogP contribution in [0.3, 0.4) is 0 Å². The fourth-order valence-electron chi connectivity index (χ4n) is 18.6. The minimum atomic E-state index is -1.81. The topological polar surface area (TPSA) is 216 Å². The Morgan fingerprint density at radius 1 is 0.184 bits per heavy atom. The van der Waals surface area contributed by atoms with Crippen molar-refractivity contribution in [3.05, 3.63) is 503 Å². The van der Waals surface area contributed by atoms with Crippen LogP contribution in [0.15, 0.2) is 425 Å². The van der Waals surface area contributed by atoms with Gasteiger partial charge >= 0.3 is 0 Å². The molecule has 4 aliphatic heterocycles. The number of benzene rings is 14. The molecule has 18 rings (SSSR count). The van der Waals surface area contributed by atoms with Gasteiger partial charge in [0.25, 0.3) is 0 Å². The highest BCUT2D eigenvalue weighted by molar-refractivity contribution is 5.48. The molecule has 14 aromatic rings. The monoisotopic (exact) mass is 1900 g/mol. The summed E-state index contributed by atoms with van der Waals surface area (Å²) in [7, 11) is 0. The van der Waals surface area contributed by atoms with Crippen molar-refractivity contribution in [3.63, 3.8) is 0 Å². The average molecular weight is 1900 g/mol. The molecule has 4 aliphatic rings. The summed E-state index contributed by atoms with van der Waals surface area (Å²) in [6.07, 6.45) is -24.6. The molecule has 21 heteroatoms. The Balaban J connectivity index is 0.770. The molecule has 20 atom stereocenters. The van der Waals surface area contributed by atoms with E-state index in [1.807, 2.05) is 388 Å². The van der Waals surface area contributed by atoms with E-state index in [4.69, 9.17) is 90.0 Å². The van der Waals surface area contributed by atoms with E-state index in [2.05, 4.69) is 36.4 Å². The van der Waals surface area contributed by atoms with Gasteiger partial charge in [0.05, 0.1) is 99.1 Å². The van der Waals surface area contributed by atoms with E-state index in [0.29, 0.717) is 0 Å². The van der Waals surface area contributed by atoms with Gasteiger partial charge < -0.3 is 100 Å². The molecule has 728 valence electrons. The lowest BCUT2D eigenvalue weighted by atomic mass is 9.80. The first kappa shape index (κ1) is 99.4. The Kier molecular flexibility index (Phi) is 36.5. The highest BCUT2D eigenvalue weighted by Crippen LogP contribution is 2.44. The van der Waals surface area contributed by atoms with Gasteiger partial charge in [-0.15, -0.1) is 0 Å². The lowest BCUT2D eigenvalue weighted by molar-refractivity contribution is -0.383. The van der Waals surface area contributed by atoms with E-state index in [1.54, 1.807) is 0 Å². The molecule has 14 aromatic carbocycles. The Hall–Kier alpha value is -11.8. The van der Waals surface area contributed by atoms with E-state index in [9.17, 15) is 10.2 Å². The minimum Gasteiger partial charge on any atom is -0.385 e. The molecule has 0 saturated carbocycles. The first-order valence-electron chi connectivity index (χ1n) is 48.6. The predicted octanol–water partition coefficient (Wildman–Crippen LogP) is 19.7. The maximum absolute atomic E-state index is 14.3. The van der Waals surface area contributed by atoms with Crippen LogP contribution in [-0.4, -0.2) is 159 Å². The highest BCUT2D eigenvalue weighted by Gasteiger charge is 2.57. The van der Waals surface area contributed by atoms with E-state index >= 15 is 0 Å². The third kappa shape index (κ3) is 27.2. The fourth-order valence-corrected chi connectivity index (χ4v) is 18.6. The van der Waals surface area contributed by atoms with Crippen LogP contribution in [0.25, 0.3) is 0 Å². The zero-order valence-electron chi connectivity index (χ0n) is 78.7. The van der Waals surface area contributed by atoms with Gasteiger partial charge in [-0.25, -0.2) is 0 Å². The van der Waals surface area contributed by atoms with Crippen molar-refractivity contribution < 1.29 is 100 Å². The molecule has 2 N–H and O–H groups in total. The first-order chi connectivity index (χ1) is 69.7. The van der Waals surface area contributed by atoms with Gasteiger partial charge in [-0.2, -0.15) is 0 Å². The molecule has 0 aromatic heterocycles. The molecule has 21 nitrogen and oxygen atoms in total. The van der Waals surface area contributed by atoms with Crippen molar-refractivity contribution in [1.29, 1.82) is 0 Å². The zero-order valence-corrected chi connectivity index (χ0v) is 78.7. The van der Waals surface area contributed by atoms with Crippen LogP contribution in [0.1, 0.15) is 77.9 Å². The van der Waals surface area contributed by atoms with Crippen molar-refractivity contribution in [1.82, 2.24) is 0 Å². The van der Waals surface area contributed by atoms with E-state index in [-0.39, 0.29) is 85.9 Å². The van der Waals surface area contributed by atoms with Crippen molar-refractivity contribution in [2.24, 2.45) is 0 Å². The van der Waals surface area contributed by atoms with Gasteiger partial charge in [0, 0.05) is 0 Å². The summed E-state index contributed by atoms with van der Waals surface area (Å²) in [5.74, 6) is 0. The Bertz CT molecular complexity index is 5750. The van der Waals surface area contributed by atoms with Crippen LogP contribution >= 0.6 is 0 Å². The molecule has 4 heterocycles. The van der Waals surface area contributed by atoms with Crippen molar-refractivity contribution in [2.45, 2.75) is 201 Å². The summed E-state index contributed by atoms with van der Waals surface area (Å²) in [5, 5.41) is 27.0. The molecule has 0 unspecified atom stereocenters. The van der Waals surface area contributed by atoms with E-state index in [1.165, 1.54) is 0 Å². The SMILES string of the molecule is O[C@H]1[C@H](OC[C@H]2O[C@H](O)[C@H](OCc3ccccc3)[C@@H](OCc3ccccc3)[C@@H]2OCc2ccccc2)O[C@H](CO[C@@H]2O[C@H](COC(c3ccccc3)(c3ccccc3)c3ccccc3)[C@@H](OCc3ccccc3)[C@H](OCc3ccccc3)[C@H]2OCc2ccccc2)[C@@H](OCc2ccccc2)[C@@H]1O[C@@H]1O[C@H](COCc2ccccc2)[C@@H](OCc2ccccc2)[C@H](OCc2ccccc2)[C@H]1OCc1ccccc1. The second-order valence-electron chi connectivity index (χ2n) is 35.7. The van der Waals surface area contributed by atoms with Gasteiger partial charge in [-0.05, 0) is 77.9 Å². The molecule has 0 bridgehead atoms. The normalized spacial score (nSPS) is 24.7. The molecule has 0 spiro atoms. The largest absolute Gasteiger partial charge is 0.385 e. The van der Waals surface area contributed by atoms with Crippen LogP contribution in [0.5, 0.6) is 0 Å². The number of aliphatic hydroxyl groups is 2. The summed E-state index contributed by atoms with van der Waals surface area (Å²) >= 11 is 0. The maximum Gasteiger partial charge on any atom is 0.187 e. The van der Waals surface area contributed by atoms with Gasteiger partial charge in [-0.1, -0.05) is 425 Å². The number of hydrogen-bond acceptors (Lipinski definition) is 21. The lowest BCUT2D eigenvalue weighted by Gasteiger charge is -2.50. The van der Waals surface area contributed by atoms with Gasteiger partial charge in [0.1, 0.15) is 103 Å². The van der Waals surface area contributed by atoms with Gasteiger partial charge in [-0.3, -0.25) is 0 Å². The summed E-state index contributed by atoms with van der Waals surface area (Å²) < 4.78 is 140. The molecular weight excluding hydrogens is 1780 g/mol. The zero-order chi connectivity index (χ0) is 95.7. The molecule has 0 radical (unpaired) electrons. The summed E-state index contributed by atoms with van der Waals surface area (Å²) in [4.78, 5) is 0. The van der Waals surface area contributed by atoms with Crippen LogP contribution in [-0.2, 0) is 168 Å². The van der Waals surface area contributed by atoms with Crippen LogP contribution in [0.2, 0.25) is 0 Å². The summed E-state index contributed by atoms with van der Waals surface area (Å²) in [6.45, 7) is 0.0881. The fraction of sp³-hybridized carbons (Fsp3) is 0.300. The predicted molar refractivity (Wildman–Crippen MR) is 531 cm³/mol. The summed E-state index contributed by atoms with van der Waals surface area (Å²) in [5.41, 5.74) is 10.9. The van der Waals surface area contributed by atoms with Crippen LogP contribution < -0.4 is 0 Å². The van der Waals surface area contributed by atoms with E-state index in [0.717, 1.165) is 77.9 Å². The third-order valence-electron chi connectivity index (χ3n) is 25.8. The van der Waals surface area contributed by atoms with Crippen LogP contribution in [0.4, 0.5) is 0 Å². The third-order valence-corrected chi connectivity index (χ3v) is 25.8. The minimum absolute atomic E-state index is 0.0346. The number of hydrogen-bond donors (Lipinski definition) is 2. The Morgan fingerprint density at radius 3 is 0.709 bits per heavy atom. The Labute approximate surface area is 825 Å². The quantitative estimate of drug-likeness (QED) is 0.0339. The Morgan fingerprint density at radius 2 is 0.397 bits per heavy atom. The lowest BCUT2D eigenvalue weighted by Crippen LogP contribution is -2.67. The van der Waals surface area contributed by atoms with Crippen molar-refractivity contribution in [3.8, 4) is 0 Å². The highest BCUT2D eigenvalue weighted by atomic mass is 16.8. The maximum atomic E-state index is 14.3. The smallest absolute Gasteiger partial charge is 0.187 e. The molecule has 4 fully saturated rings. The first-order valence-corrected chi connectivity index (χ1v) is 48.6. The number of rotatable bonds is 48. The molecule has 141 heavy (non-hydrogen) atoms.